The second-order valence-corrected chi connectivity index (χ2v) is 6.35. The fraction of sp³-hybridized carbons (Fsp3) is 0.500. The predicted molar refractivity (Wildman–Crippen MR) is 81.7 cm³/mol. The van der Waals surface area contributed by atoms with Crippen molar-refractivity contribution in [2.24, 2.45) is 11.8 Å². The molecule has 2 aliphatic carbocycles. The standard InChI is InChI=1S/C18H22O3/c1-9-7-14-15(8-10(9)2)18(21)16(13(5)17(14)20)11(3)6-12(4)19/h6,14-15H,7-8H2,1-5H3/b11-6-. The molecule has 0 aromatic heterocycles. The van der Waals surface area contributed by atoms with Gasteiger partial charge in [0.15, 0.2) is 17.3 Å². The van der Waals surface area contributed by atoms with E-state index in [1.54, 1.807) is 13.8 Å². The van der Waals surface area contributed by atoms with Crippen LogP contribution in [0.3, 0.4) is 0 Å². The van der Waals surface area contributed by atoms with Crippen molar-refractivity contribution in [1.82, 2.24) is 0 Å². The van der Waals surface area contributed by atoms with Gasteiger partial charge in [0.25, 0.3) is 0 Å². The summed E-state index contributed by atoms with van der Waals surface area (Å²) >= 11 is 0. The third-order valence-electron chi connectivity index (χ3n) is 4.75. The lowest BCUT2D eigenvalue weighted by Crippen LogP contribution is -2.39. The van der Waals surface area contributed by atoms with Crippen molar-refractivity contribution >= 4 is 17.3 Å². The molecule has 0 N–H and O–H groups in total. The first kappa shape index (κ1) is 15.6. The zero-order valence-electron chi connectivity index (χ0n) is 13.4. The van der Waals surface area contributed by atoms with Crippen LogP contribution in [0.2, 0.25) is 0 Å². The van der Waals surface area contributed by atoms with Gasteiger partial charge < -0.3 is 0 Å². The normalized spacial score (nSPS) is 27.2. The first-order chi connectivity index (χ1) is 9.73. The number of carbonyl (C=O) groups excluding carboxylic acids is 3. The number of ketones is 3. The minimum atomic E-state index is -0.254. The molecule has 3 nitrogen and oxygen atoms in total. The molecule has 2 unspecified atom stereocenters. The molecule has 2 aliphatic rings. The molecule has 0 spiro atoms. The lowest BCUT2D eigenvalue weighted by atomic mass is 9.65. The van der Waals surface area contributed by atoms with E-state index in [2.05, 4.69) is 0 Å². The summed E-state index contributed by atoms with van der Waals surface area (Å²) in [4.78, 5) is 36.7. The molecule has 0 bridgehead atoms. The minimum absolute atomic E-state index is 0.0268. The van der Waals surface area contributed by atoms with Gasteiger partial charge in [-0.2, -0.15) is 0 Å². The van der Waals surface area contributed by atoms with Crippen molar-refractivity contribution in [1.29, 1.82) is 0 Å². The van der Waals surface area contributed by atoms with Gasteiger partial charge in [0.05, 0.1) is 0 Å². The molecule has 0 aromatic rings. The molecule has 2 atom stereocenters. The number of hydrogen-bond donors (Lipinski definition) is 0. The van der Waals surface area contributed by atoms with E-state index in [-0.39, 0.29) is 29.2 Å². The van der Waals surface area contributed by atoms with E-state index in [4.69, 9.17) is 0 Å². The van der Waals surface area contributed by atoms with Crippen LogP contribution >= 0.6 is 0 Å². The summed E-state index contributed by atoms with van der Waals surface area (Å²) in [5.41, 5.74) is 4.03. The molecule has 112 valence electrons. The Hall–Kier alpha value is -1.77. The first-order valence-corrected chi connectivity index (χ1v) is 7.37. The summed E-state index contributed by atoms with van der Waals surface area (Å²) in [5, 5.41) is 0. The van der Waals surface area contributed by atoms with Gasteiger partial charge in [0, 0.05) is 23.0 Å². The maximum absolute atomic E-state index is 12.8. The number of allylic oxidation sites excluding steroid dienone is 6. The van der Waals surface area contributed by atoms with Crippen LogP contribution in [0.1, 0.15) is 47.5 Å². The monoisotopic (exact) mass is 286 g/mol. The number of Topliss-reactive ketones (excluding diaryl/α,β-unsaturated/α-hetero) is 2. The van der Waals surface area contributed by atoms with E-state index in [0.717, 1.165) is 0 Å². The topological polar surface area (TPSA) is 51.2 Å². The highest BCUT2D eigenvalue weighted by atomic mass is 16.1. The highest BCUT2D eigenvalue weighted by molar-refractivity contribution is 6.16. The average Bonchev–Trinajstić information content (AvgIpc) is 2.38. The molecule has 3 heteroatoms. The molecule has 0 amide bonds. The fourth-order valence-electron chi connectivity index (χ4n) is 3.48. The number of hydrogen-bond acceptors (Lipinski definition) is 3. The summed E-state index contributed by atoms with van der Waals surface area (Å²) < 4.78 is 0. The first-order valence-electron chi connectivity index (χ1n) is 7.37. The number of carbonyl (C=O) groups is 3. The SMILES string of the molecule is CC(=O)/C=C(/C)C1=C(C)C(=O)C2CC(C)=C(C)CC2C1=O. The van der Waals surface area contributed by atoms with Crippen LogP contribution in [-0.2, 0) is 14.4 Å². The van der Waals surface area contributed by atoms with E-state index in [0.29, 0.717) is 29.6 Å². The second kappa shape index (κ2) is 5.55. The summed E-state index contributed by atoms with van der Waals surface area (Å²) in [6.07, 6.45) is 2.79. The van der Waals surface area contributed by atoms with Crippen molar-refractivity contribution in [3.05, 3.63) is 33.9 Å². The molecule has 0 aromatic carbocycles. The van der Waals surface area contributed by atoms with Crippen LogP contribution in [0.4, 0.5) is 0 Å². The Morgan fingerprint density at radius 3 is 1.90 bits per heavy atom. The smallest absolute Gasteiger partial charge is 0.167 e. The van der Waals surface area contributed by atoms with Gasteiger partial charge in [-0.3, -0.25) is 14.4 Å². The molecule has 21 heavy (non-hydrogen) atoms. The van der Waals surface area contributed by atoms with Crippen LogP contribution in [0.25, 0.3) is 0 Å². The zero-order chi connectivity index (χ0) is 15.9. The predicted octanol–water partition coefficient (Wildman–Crippen LogP) is 3.35. The second-order valence-electron chi connectivity index (χ2n) is 6.35. The van der Waals surface area contributed by atoms with Gasteiger partial charge in [0.1, 0.15) is 0 Å². The Morgan fingerprint density at radius 2 is 1.43 bits per heavy atom. The lowest BCUT2D eigenvalue weighted by molar-refractivity contribution is -0.130. The van der Waals surface area contributed by atoms with E-state index < -0.39 is 0 Å². The minimum Gasteiger partial charge on any atom is -0.295 e. The Balaban J connectivity index is 2.49. The molecule has 2 rings (SSSR count). The number of fused-ring (bicyclic) bond motifs is 1. The maximum atomic E-state index is 12.8. The van der Waals surface area contributed by atoms with Crippen molar-refractivity contribution in [2.75, 3.05) is 0 Å². The molecule has 0 saturated carbocycles. The van der Waals surface area contributed by atoms with Gasteiger partial charge >= 0.3 is 0 Å². The van der Waals surface area contributed by atoms with Gasteiger partial charge in [-0.05, 0) is 59.1 Å². The van der Waals surface area contributed by atoms with Crippen molar-refractivity contribution in [3.63, 3.8) is 0 Å². The molecule has 0 fully saturated rings. The van der Waals surface area contributed by atoms with E-state index >= 15 is 0 Å². The van der Waals surface area contributed by atoms with Crippen LogP contribution in [0.5, 0.6) is 0 Å². The third-order valence-corrected chi connectivity index (χ3v) is 4.75. The van der Waals surface area contributed by atoms with E-state index in [9.17, 15) is 14.4 Å². The van der Waals surface area contributed by atoms with Crippen LogP contribution < -0.4 is 0 Å². The summed E-state index contributed by atoms with van der Waals surface area (Å²) in [6.45, 7) is 8.98. The largest absolute Gasteiger partial charge is 0.295 e. The van der Waals surface area contributed by atoms with Gasteiger partial charge in [-0.1, -0.05) is 11.1 Å². The maximum Gasteiger partial charge on any atom is 0.167 e. The summed E-state index contributed by atoms with van der Waals surface area (Å²) in [5.74, 6) is -0.479. The van der Waals surface area contributed by atoms with Crippen LogP contribution in [-0.4, -0.2) is 17.3 Å². The average molecular weight is 286 g/mol. The number of rotatable bonds is 2. The van der Waals surface area contributed by atoms with E-state index in [1.165, 1.54) is 24.1 Å². The fourth-order valence-corrected chi connectivity index (χ4v) is 3.48. The molecule has 0 aliphatic heterocycles. The molecular weight excluding hydrogens is 264 g/mol. The summed E-state index contributed by atoms with van der Waals surface area (Å²) in [6, 6.07) is 0. The van der Waals surface area contributed by atoms with Crippen LogP contribution in [0, 0.1) is 11.8 Å². The summed E-state index contributed by atoms with van der Waals surface area (Å²) in [7, 11) is 0. The highest BCUT2D eigenvalue weighted by Crippen LogP contribution is 2.42. The quantitative estimate of drug-likeness (QED) is 0.578. The Kier molecular flexibility index (Phi) is 4.13. The van der Waals surface area contributed by atoms with Crippen molar-refractivity contribution < 1.29 is 14.4 Å². The molecule has 0 saturated heterocycles. The van der Waals surface area contributed by atoms with E-state index in [1.807, 2.05) is 13.8 Å². The molecule has 0 heterocycles. The van der Waals surface area contributed by atoms with Crippen molar-refractivity contribution in [3.8, 4) is 0 Å². The molecular formula is C18H22O3. The van der Waals surface area contributed by atoms with Gasteiger partial charge in [-0.25, -0.2) is 0 Å². The lowest BCUT2D eigenvalue weighted by Gasteiger charge is -2.36. The molecule has 0 radical (unpaired) electrons. The zero-order valence-corrected chi connectivity index (χ0v) is 13.4. The Bertz CT molecular complexity index is 629. The van der Waals surface area contributed by atoms with Gasteiger partial charge in [-0.15, -0.1) is 0 Å². The van der Waals surface area contributed by atoms with Gasteiger partial charge in [0.2, 0.25) is 0 Å². The highest BCUT2D eigenvalue weighted by Gasteiger charge is 2.43. The third kappa shape index (κ3) is 2.69. The van der Waals surface area contributed by atoms with Crippen molar-refractivity contribution in [2.45, 2.75) is 47.5 Å². The Labute approximate surface area is 125 Å². The Morgan fingerprint density at radius 1 is 0.952 bits per heavy atom. The van der Waals surface area contributed by atoms with Crippen LogP contribution in [0.15, 0.2) is 33.9 Å².